The predicted molar refractivity (Wildman–Crippen MR) is 79.3 cm³/mol. The first-order valence-electron chi connectivity index (χ1n) is 7.75. The molecule has 1 aromatic heterocycles. The van der Waals surface area contributed by atoms with Crippen molar-refractivity contribution in [3.63, 3.8) is 0 Å². The van der Waals surface area contributed by atoms with Crippen LogP contribution in [0.2, 0.25) is 0 Å². The van der Waals surface area contributed by atoms with E-state index in [9.17, 15) is 4.79 Å². The van der Waals surface area contributed by atoms with Gasteiger partial charge in [-0.2, -0.15) is 4.98 Å². The molecule has 2 heterocycles. The lowest BCUT2D eigenvalue weighted by Crippen LogP contribution is -2.27. The van der Waals surface area contributed by atoms with Crippen LogP contribution >= 0.6 is 0 Å². The number of rotatable bonds is 6. The molecule has 23 heavy (non-hydrogen) atoms. The monoisotopic (exact) mass is 315 g/mol. The number of fused-ring (bicyclic) bond motifs is 1. The van der Waals surface area contributed by atoms with E-state index in [1.54, 1.807) is 0 Å². The number of hydrogen-bond donors (Lipinski definition) is 1. The molecule has 1 N–H and O–H groups in total. The van der Waals surface area contributed by atoms with Crippen molar-refractivity contribution in [2.45, 2.75) is 31.6 Å². The Morgan fingerprint density at radius 1 is 1.26 bits per heavy atom. The first-order valence-corrected chi connectivity index (χ1v) is 7.75. The molecule has 0 radical (unpaired) electrons. The zero-order valence-corrected chi connectivity index (χ0v) is 12.6. The van der Waals surface area contributed by atoms with E-state index in [1.807, 2.05) is 18.2 Å². The van der Waals surface area contributed by atoms with Crippen LogP contribution in [0.3, 0.4) is 0 Å². The van der Waals surface area contributed by atoms with Gasteiger partial charge in [-0.1, -0.05) is 11.2 Å². The molecule has 0 bridgehead atoms. The largest absolute Gasteiger partial charge is 0.454 e. The fraction of sp³-hybridized carbons (Fsp3) is 0.438. The van der Waals surface area contributed by atoms with Crippen molar-refractivity contribution >= 4 is 5.91 Å². The van der Waals surface area contributed by atoms with Gasteiger partial charge in [0.25, 0.3) is 0 Å². The highest BCUT2D eigenvalue weighted by molar-refractivity contribution is 5.78. The SMILES string of the molecule is O=C(Cc1ccc2c(c1)OCO2)NCCc1nc(C2CC2)no1. The number of hydrogen-bond acceptors (Lipinski definition) is 6. The van der Waals surface area contributed by atoms with Crippen LogP contribution in [0.4, 0.5) is 0 Å². The molecule has 0 spiro atoms. The van der Waals surface area contributed by atoms with Crippen molar-refractivity contribution in [1.29, 1.82) is 0 Å². The van der Waals surface area contributed by atoms with E-state index in [1.165, 1.54) is 0 Å². The molecule has 1 aliphatic heterocycles. The molecule has 2 aliphatic rings. The molecular formula is C16H17N3O4. The number of nitrogens with zero attached hydrogens (tertiary/aromatic N) is 2. The second-order valence-corrected chi connectivity index (χ2v) is 5.78. The van der Waals surface area contributed by atoms with E-state index in [4.69, 9.17) is 14.0 Å². The van der Waals surface area contributed by atoms with Gasteiger partial charge in [0.2, 0.25) is 18.6 Å². The second-order valence-electron chi connectivity index (χ2n) is 5.78. The van der Waals surface area contributed by atoms with E-state index in [-0.39, 0.29) is 12.7 Å². The summed E-state index contributed by atoms with van der Waals surface area (Å²) in [4.78, 5) is 16.3. The van der Waals surface area contributed by atoms with Gasteiger partial charge in [-0.3, -0.25) is 4.79 Å². The first-order chi connectivity index (χ1) is 11.3. The maximum absolute atomic E-state index is 12.0. The van der Waals surface area contributed by atoms with Gasteiger partial charge in [-0.15, -0.1) is 0 Å². The van der Waals surface area contributed by atoms with Crippen molar-refractivity contribution in [3.05, 3.63) is 35.5 Å². The van der Waals surface area contributed by atoms with Crippen LogP contribution in [0.1, 0.15) is 36.0 Å². The summed E-state index contributed by atoms with van der Waals surface area (Å²) in [6, 6.07) is 5.53. The van der Waals surface area contributed by atoms with Crippen LogP contribution in [0.25, 0.3) is 0 Å². The lowest BCUT2D eigenvalue weighted by molar-refractivity contribution is -0.120. The second kappa shape index (κ2) is 5.91. The van der Waals surface area contributed by atoms with E-state index in [2.05, 4.69) is 15.5 Å². The lowest BCUT2D eigenvalue weighted by atomic mass is 10.1. The highest BCUT2D eigenvalue weighted by Crippen LogP contribution is 2.38. The minimum absolute atomic E-state index is 0.0502. The van der Waals surface area contributed by atoms with Crippen molar-refractivity contribution in [2.24, 2.45) is 0 Å². The quantitative estimate of drug-likeness (QED) is 0.871. The minimum atomic E-state index is -0.0502. The van der Waals surface area contributed by atoms with E-state index in [0.29, 0.717) is 36.9 Å². The van der Waals surface area contributed by atoms with Gasteiger partial charge in [-0.05, 0) is 30.5 Å². The van der Waals surface area contributed by atoms with Crippen molar-refractivity contribution in [2.75, 3.05) is 13.3 Å². The summed E-state index contributed by atoms with van der Waals surface area (Å²) in [5.74, 6) is 3.21. The number of carbonyl (C=O) groups excluding carboxylic acids is 1. The van der Waals surface area contributed by atoms with Crippen LogP contribution in [-0.2, 0) is 17.6 Å². The van der Waals surface area contributed by atoms with Crippen LogP contribution in [0, 0.1) is 0 Å². The molecule has 1 fully saturated rings. The summed E-state index contributed by atoms with van der Waals surface area (Å²) >= 11 is 0. The van der Waals surface area contributed by atoms with Gasteiger partial charge in [0.05, 0.1) is 6.42 Å². The summed E-state index contributed by atoms with van der Waals surface area (Å²) in [5, 5.41) is 6.82. The number of benzene rings is 1. The molecule has 0 unspecified atom stereocenters. The van der Waals surface area contributed by atoms with E-state index < -0.39 is 0 Å². The summed E-state index contributed by atoms with van der Waals surface area (Å²) < 4.78 is 15.7. The van der Waals surface area contributed by atoms with Crippen molar-refractivity contribution < 1.29 is 18.8 Å². The number of aromatic nitrogens is 2. The van der Waals surface area contributed by atoms with Gasteiger partial charge in [0.15, 0.2) is 17.3 Å². The molecule has 1 saturated carbocycles. The van der Waals surface area contributed by atoms with Crippen LogP contribution in [-0.4, -0.2) is 29.4 Å². The normalized spacial score (nSPS) is 15.7. The molecule has 1 aromatic carbocycles. The predicted octanol–water partition coefficient (Wildman–Crippen LogP) is 1.58. The molecule has 1 amide bonds. The third kappa shape index (κ3) is 3.28. The zero-order chi connectivity index (χ0) is 15.6. The number of amides is 1. The van der Waals surface area contributed by atoms with Crippen LogP contribution < -0.4 is 14.8 Å². The Bertz CT molecular complexity index is 724. The fourth-order valence-corrected chi connectivity index (χ4v) is 2.48. The molecule has 120 valence electrons. The molecule has 0 saturated heterocycles. The highest BCUT2D eigenvalue weighted by atomic mass is 16.7. The van der Waals surface area contributed by atoms with Gasteiger partial charge < -0.3 is 19.3 Å². The zero-order valence-electron chi connectivity index (χ0n) is 12.6. The summed E-state index contributed by atoms with van der Waals surface area (Å²) in [5.41, 5.74) is 0.889. The molecule has 7 heteroatoms. The fourth-order valence-electron chi connectivity index (χ4n) is 2.48. The van der Waals surface area contributed by atoms with Gasteiger partial charge in [0.1, 0.15) is 0 Å². The lowest BCUT2D eigenvalue weighted by Gasteiger charge is -2.04. The van der Waals surface area contributed by atoms with E-state index in [0.717, 1.165) is 30.0 Å². The van der Waals surface area contributed by atoms with Gasteiger partial charge in [-0.25, -0.2) is 0 Å². The molecule has 4 rings (SSSR count). The molecule has 1 aliphatic carbocycles. The van der Waals surface area contributed by atoms with E-state index >= 15 is 0 Å². The summed E-state index contributed by atoms with van der Waals surface area (Å²) in [6.07, 6.45) is 3.14. The number of ether oxygens (including phenoxy) is 2. The average molecular weight is 315 g/mol. The Morgan fingerprint density at radius 2 is 2.13 bits per heavy atom. The topological polar surface area (TPSA) is 86.5 Å². The van der Waals surface area contributed by atoms with Gasteiger partial charge in [0, 0.05) is 18.9 Å². The van der Waals surface area contributed by atoms with Crippen LogP contribution in [0.15, 0.2) is 22.7 Å². The third-order valence-electron chi connectivity index (χ3n) is 3.89. The Hall–Kier alpha value is -2.57. The Balaban J connectivity index is 1.25. The number of carbonyl (C=O) groups is 1. The first kappa shape index (κ1) is 14.0. The standard InChI is InChI=1S/C16H17N3O4/c20-14(8-10-1-4-12-13(7-10)22-9-21-12)17-6-5-15-18-16(19-23-15)11-2-3-11/h1,4,7,11H,2-3,5-6,8-9H2,(H,17,20). The number of nitrogens with one attached hydrogen (secondary N) is 1. The maximum Gasteiger partial charge on any atom is 0.231 e. The Labute approximate surface area is 133 Å². The Kier molecular flexibility index (Phi) is 3.61. The maximum atomic E-state index is 12.0. The highest BCUT2D eigenvalue weighted by Gasteiger charge is 2.28. The molecular weight excluding hydrogens is 298 g/mol. The molecule has 2 aromatic rings. The summed E-state index contributed by atoms with van der Waals surface area (Å²) in [6.45, 7) is 0.716. The minimum Gasteiger partial charge on any atom is -0.454 e. The van der Waals surface area contributed by atoms with Crippen molar-refractivity contribution in [3.8, 4) is 11.5 Å². The average Bonchev–Trinajstić information content (AvgIpc) is 3.10. The molecule has 7 nitrogen and oxygen atoms in total. The summed E-state index contributed by atoms with van der Waals surface area (Å²) in [7, 11) is 0. The molecule has 0 atom stereocenters. The Morgan fingerprint density at radius 3 is 3.00 bits per heavy atom. The smallest absolute Gasteiger partial charge is 0.231 e. The van der Waals surface area contributed by atoms with Gasteiger partial charge >= 0.3 is 0 Å². The van der Waals surface area contributed by atoms with Crippen molar-refractivity contribution in [1.82, 2.24) is 15.5 Å². The third-order valence-corrected chi connectivity index (χ3v) is 3.89. The van der Waals surface area contributed by atoms with Crippen LogP contribution in [0.5, 0.6) is 11.5 Å².